The van der Waals surface area contributed by atoms with E-state index in [2.05, 4.69) is 5.32 Å². The summed E-state index contributed by atoms with van der Waals surface area (Å²) in [6, 6.07) is 9.48. The maximum Gasteiger partial charge on any atom is 0.241 e. The van der Waals surface area contributed by atoms with Crippen LogP contribution in [0.25, 0.3) is 0 Å². The van der Waals surface area contributed by atoms with Crippen LogP contribution in [0.2, 0.25) is 0 Å². The molecule has 0 aliphatic carbocycles. The van der Waals surface area contributed by atoms with Gasteiger partial charge in [0.1, 0.15) is 5.25 Å². The van der Waals surface area contributed by atoms with Crippen molar-refractivity contribution in [3.63, 3.8) is 0 Å². The lowest BCUT2D eigenvalue weighted by molar-refractivity contribution is -0.131. The largest absolute Gasteiger partial charge is 0.339 e. The van der Waals surface area contributed by atoms with Crippen molar-refractivity contribution in [1.82, 2.24) is 10.2 Å². The number of carbonyl (C=O) groups is 1. The molecular weight excluding hydrogens is 288 g/mol. The molecule has 1 aromatic rings. The number of sulfone groups is 1. The standard InChI is InChI=1S/C15H22N2O3S/c1-12-11-17(9-8-16-12)15(18)14(21(2,19)20)10-13-6-4-3-5-7-13/h3-7,12,14,16H,8-11H2,1-2H3. The first kappa shape index (κ1) is 16.0. The fraction of sp³-hybridized carbons (Fsp3) is 0.533. The van der Waals surface area contributed by atoms with E-state index in [1.165, 1.54) is 0 Å². The van der Waals surface area contributed by atoms with E-state index in [0.29, 0.717) is 19.6 Å². The number of nitrogens with zero attached hydrogens (tertiary/aromatic N) is 1. The Labute approximate surface area is 126 Å². The van der Waals surface area contributed by atoms with Gasteiger partial charge >= 0.3 is 0 Å². The molecule has 21 heavy (non-hydrogen) atoms. The molecule has 1 fully saturated rings. The van der Waals surface area contributed by atoms with Crippen molar-refractivity contribution in [3.05, 3.63) is 35.9 Å². The summed E-state index contributed by atoms with van der Waals surface area (Å²) in [5, 5.41) is 2.26. The highest BCUT2D eigenvalue weighted by molar-refractivity contribution is 7.92. The van der Waals surface area contributed by atoms with Crippen LogP contribution in [0.1, 0.15) is 12.5 Å². The Hall–Kier alpha value is -1.40. The first-order valence-corrected chi connectivity index (χ1v) is 9.08. The van der Waals surface area contributed by atoms with Crippen LogP contribution in [0.5, 0.6) is 0 Å². The van der Waals surface area contributed by atoms with Gasteiger partial charge in [0.05, 0.1) is 0 Å². The van der Waals surface area contributed by atoms with Gasteiger partial charge in [0.2, 0.25) is 5.91 Å². The Morgan fingerprint density at radius 3 is 2.62 bits per heavy atom. The van der Waals surface area contributed by atoms with Gasteiger partial charge in [-0.05, 0) is 18.9 Å². The minimum atomic E-state index is -3.44. The molecule has 2 atom stereocenters. The molecule has 1 heterocycles. The maximum atomic E-state index is 12.6. The second-order valence-corrected chi connectivity index (χ2v) is 7.88. The van der Waals surface area contributed by atoms with Crippen molar-refractivity contribution in [3.8, 4) is 0 Å². The highest BCUT2D eigenvalue weighted by Crippen LogP contribution is 2.14. The fourth-order valence-electron chi connectivity index (χ4n) is 2.59. The summed E-state index contributed by atoms with van der Waals surface area (Å²) in [7, 11) is -3.44. The van der Waals surface area contributed by atoms with Crippen molar-refractivity contribution in [1.29, 1.82) is 0 Å². The molecule has 0 radical (unpaired) electrons. The number of amides is 1. The Kier molecular flexibility index (Phi) is 5.00. The zero-order chi connectivity index (χ0) is 15.5. The minimum absolute atomic E-state index is 0.194. The van der Waals surface area contributed by atoms with E-state index in [1.807, 2.05) is 37.3 Å². The van der Waals surface area contributed by atoms with Gasteiger partial charge in [-0.15, -0.1) is 0 Å². The molecule has 1 amide bonds. The van der Waals surface area contributed by atoms with E-state index in [4.69, 9.17) is 0 Å². The third-order valence-electron chi connectivity index (χ3n) is 3.74. The van der Waals surface area contributed by atoms with Crippen LogP contribution in [0.4, 0.5) is 0 Å². The van der Waals surface area contributed by atoms with Gasteiger partial charge in [0, 0.05) is 31.9 Å². The second kappa shape index (κ2) is 6.58. The molecule has 0 aromatic heterocycles. The highest BCUT2D eigenvalue weighted by Gasteiger charge is 2.34. The Balaban J connectivity index is 2.18. The number of hydrogen-bond donors (Lipinski definition) is 1. The summed E-state index contributed by atoms with van der Waals surface area (Å²) in [6.07, 6.45) is 1.38. The van der Waals surface area contributed by atoms with Crippen LogP contribution in [-0.4, -0.2) is 56.4 Å². The van der Waals surface area contributed by atoms with E-state index in [0.717, 1.165) is 11.8 Å². The van der Waals surface area contributed by atoms with Crippen molar-refractivity contribution in [2.24, 2.45) is 0 Å². The number of piperazine rings is 1. The molecule has 0 bridgehead atoms. The topological polar surface area (TPSA) is 66.5 Å². The van der Waals surface area contributed by atoms with Gasteiger partial charge < -0.3 is 10.2 Å². The van der Waals surface area contributed by atoms with Gasteiger partial charge in [-0.3, -0.25) is 4.79 Å². The van der Waals surface area contributed by atoms with E-state index >= 15 is 0 Å². The van der Waals surface area contributed by atoms with E-state index in [9.17, 15) is 13.2 Å². The summed E-state index contributed by atoms with van der Waals surface area (Å²) in [5.41, 5.74) is 0.865. The van der Waals surface area contributed by atoms with Gasteiger partial charge in [0.25, 0.3) is 0 Å². The predicted octanol–water partition coefficient (Wildman–Crippen LogP) is 0.463. The molecule has 2 unspecified atom stereocenters. The molecule has 5 nitrogen and oxygen atoms in total. The van der Waals surface area contributed by atoms with Crippen LogP contribution < -0.4 is 5.32 Å². The molecule has 1 aliphatic heterocycles. The average molecular weight is 310 g/mol. The molecular formula is C15H22N2O3S. The Morgan fingerprint density at radius 2 is 2.05 bits per heavy atom. The molecule has 1 N–H and O–H groups in total. The van der Waals surface area contributed by atoms with Gasteiger partial charge in [0.15, 0.2) is 9.84 Å². The highest BCUT2D eigenvalue weighted by atomic mass is 32.2. The lowest BCUT2D eigenvalue weighted by Gasteiger charge is -2.34. The van der Waals surface area contributed by atoms with E-state index in [-0.39, 0.29) is 18.4 Å². The molecule has 1 aliphatic rings. The van der Waals surface area contributed by atoms with Crippen molar-refractivity contribution < 1.29 is 13.2 Å². The van der Waals surface area contributed by atoms with E-state index < -0.39 is 15.1 Å². The summed E-state index contributed by atoms with van der Waals surface area (Å²) in [4.78, 5) is 14.3. The number of nitrogens with one attached hydrogen (secondary N) is 1. The SMILES string of the molecule is CC1CN(C(=O)C(Cc2ccccc2)S(C)(=O)=O)CCN1. The molecule has 1 aromatic carbocycles. The van der Waals surface area contributed by atoms with E-state index in [1.54, 1.807) is 4.90 Å². The van der Waals surface area contributed by atoms with Gasteiger partial charge in [-0.25, -0.2) is 8.42 Å². The lowest BCUT2D eigenvalue weighted by atomic mass is 10.1. The molecule has 0 saturated carbocycles. The second-order valence-electron chi connectivity index (χ2n) is 5.65. The van der Waals surface area contributed by atoms with Crippen LogP contribution >= 0.6 is 0 Å². The number of carbonyl (C=O) groups excluding carboxylic acids is 1. The number of rotatable bonds is 4. The summed E-state index contributed by atoms with van der Waals surface area (Å²) in [6.45, 7) is 3.81. The molecule has 6 heteroatoms. The summed E-state index contributed by atoms with van der Waals surface area (Å²) < 4.78 is 24.1. The third kappa shape index (κ3) is 4.28. The van der Waals surface area contributed by atoms with Gasteiger partial charge in [-0.2, -0.15) is 0 Å². The zero-order valence-corrected chi connectivity index (χ0v) is 13.3. The number of hydrogen-bond acceptors (Lipinski definition) is 4. The summed E-state index contributed by atoms with van der Waals surface area (Å²) >= 11 is 0. The fourth-order valence-corrected chi connectivity index (χ4v) is 3.60. The predicted molar refractivity (Wildman–Crippen MR) is 82.8 cm³/mol. The Morgan fingerprint density at radius 1 is 1.38 bits per heavy atom. The average Bonchev–Trinajstić information content (AvgIpc) is 2.44. The number of benzene rings is 1. The first-order chi connectivity index (χ1) is 9.88. The summed E-state index contributed by atoms with van der Waals surface area (Å²) in [5.74, 6) is -0.283. The van der Waals surface area contributed by atoms with Crippen LogP contribution in [0.3, 0.4) is 0 Å². The lowest BCUT2D eigenvalue weighted by Crippen LogP contribution is -2.55. The molecule has 116 valence electrons. The first-order valence-electron chi connectivity index (χ1n) is 7.13. The third-order valence-corrected chi connectivity index (χ3v) is 5.14. The quantitative estimate of drug-likeness (QED) is 0.877. The van der Waals surface area contributed by atoms with Crippen molar-refractivity contribution in [2.75, 3.05) is 25.9 Å². The van der Waals surface area contributed by atoms with Gasteiger partial charge in [-0.1, -0.05) is 30.3 Å². The van der Waals surface area contributed by atoms with Crippen LogP contribution in [0, 0.1) is 0 Å². The maximum absolute atomic E-state index is 12.6. The molecule has 1 saturated heterocycles. The molecule has 2 rings (SSSR count). The van der Waals surface area contributed by atoms with Crippen LogP contribution in [0.15, 0.2) is 30.3 Å². The van der Waals surface area contributed by atoms with Crippen LogP contribution in [-0.2, 0) is 21.1 Å². The molecule has 0 spiro atoms. The van der Waals surface area contributed by atoms with Crippen molar-refractivity contribution >= 4 is 15.7 Å². The monoisotopic (exact) mass is 310 g/mol. The smallest absolute Gasteiger partial charge is 0.241 e. The minimum Gasteiger partial charge on any atom is -0.339 e. The zero-order valence-electron chi connectivity index (χ0n) is 12.5. The Bertz CT molecular complexity index is 586. The van der Waals surface area contributed by atoms with Crippen molar-refractivity contribution in [2.45, 2.75) is 24.6 Å². The normalized spacial score (nSPS) is 21.0.